The number of hydrogen-bond acceptors (Lipinski definition) is 3. The number of hydrogen-bond donors (Lipinski definition) is 0. The Kier molecular flexibility index (Phi) is 7.18. The van der Waals surface area contributed by atoms with Crippen LogP contribution in [0.4, 0.5) is 0 Å². The molecule has 0 saturated heterocycles. The lowest BCUT2D eigenvalue weighted by Gasteiger charge is -2.07. The highest BCUT2D eigenvalue weighted by Crippen LogP contribution is 2.32. The second-order valence-electron chi connectivity index (χ2n) is 6.25. The molecule has 0 amide bonds. The molecule has 0 unspecified atom stereocenters. The highest BCUT2D eigenvalue weighted by molar-refractivity contribution is 5.75. The van der Waals surface area contributed by atoms with E-state index in [1.54, 1.807) is 6.92 Å². The first kappa shape index (κ1) is 17.6. The summed E-state index contributed by atoms with van der Waals surface area (Å²) in [5.41, 5.74) is 2.79. The van der Waals surface area contributed by atoms with Crippen LogP contribution in [-0.2, 0) is 11.2 Å². The largest absolute Gasteiger partial charge is 0.454 e. The fourth-order valence-electron chi connectivity index (χ4n) is 2.84. The van der Waals surface area contributed by atoms with Crippen LogP contribution in [0.3, 0.4) is 0 Å². The first-order chi connectivity index (χ1) is 11.2. The standard InChI is InChI=1S/C20H28O3/c1-3-4-8-17(9-5-7-16(2)21)10-6-11-18-12-13-19-20(14-18)23-15-22-19/h10,12-14H,3-9,11,15H2,1-2H3. The van der Waals surface area contributed by atoms with Crippen molar-refractivity contribution in [1.29, 1.82) is 0 Å². The van der Waals surface area contributed by atoms with E-state index in [0.717, 1.165) is 43.6 Å². The lowest BCUT2D eigenvalue weighted by atomic mass is 9.99. The van der Waals surface area contributed by atoms with E-state index in [2.05, 4.69) is 25.1 Å². The maximum atomic E-state index is 11.1. The van der Waals surface area contributed by atoms with Crippen LogP contribution in [0, 0.1) is 0 Å². The molecule has 0 fully saturated rings. The maximum Gasteiger partial charge on any atom is 0.231 e. The van der Waals surface area contributed by atoms with Crippen molar-refractivity contribution in [1.82, 2.24) is 0 Å². The van der Waals surface area contributed by atoms with E-state index >= 15 is 0 Å². The summed E-state index contributed by atoms with van der Waals surface area (Å²) in [6, 6.07) is 6.19. The van der Waals surface area contributed by atoms with E-state index < -0.39 is 0 Å². The second kappa shape index (κ2) is 9.39. The van der Waals surface area contributed by atoms with Crippen molar-refractivity contribution in [2.45, 2.75) is 65.2 Å². The van der Waals surface area contributed by atoms with Crippen LogP contribution in [0.1, 0.15) is 64.4 Å². The average Bonchev–Trinajstić information content (AvgIpc) is 2.99. The first-order valence-electron chi connectivity index (χ1n) is 8.75. The molecule has 0 atom stereocenters. The number of allylic oxidation sites excluding steroid dienone is 2. The fraction of sp³-hybridized carbons (Fsp3) is 0.550. The van der Waals surface area contributed by atoms with Gasteiger partial charge in [0.2, 0.25) is 6.79 Å². The predicted octanol–water partition coefficient (Wildman–Crippen LogP) is 5.22. The van der Waals surface area contributed by atoms with Crippen LogP contribution in [0.25, 0.3) is 0 Å². The number of ether oxygens (including phenoxy) is 2. The number of fused-ring (bicyclic) bond motifs is 1. The molecular weight excluding hydrogens is 288 g/mol. The van der Waals surface area contributed by atoms with Gasteiger partial charge in [-0.3, -0.25) is 0 Å². The Balaban J connectivity index is 1.84. The van der Waals surface area contributed by atoms with Crippen LogP contribution in [0.2, 0.25) is 0 Å². The summed E-state index contributed by atoms with van der Waals surface area (Å²) in [5, 5.41) is 0. The molecule has 126 valence electrons. The van der Waals surface area contributed by atoms with E-state index in [9.17, 15) is 4.79 Å². The zero-order valence-electron chi connectivity index (χ0n) is 14.4. The zero-order valence-corrected chi connectivity index (χ0v) is 14.4. The Morgan fingerprint density at radius 3 is 2.70 bits per heavy atom. The number of rotatable bonds is 10. The third-order valence-corrected chi connectivity index (χ3v) is 4.18. The molecule has 0 saturated carbocycles. The topological polar surface area (TPSA) is 35.5 Å². The van der Waals surface area contributed by atoms with Gasteiger partial charge in [0.25, 0.3) is 0 Å². The van der Waals surface area contributed by atoms with Gasteiger partial charge < -0.3 is 14.3 Å². The second-order valence-corrected chi connectivity index (χ2v) is 6.25. The number of unbranched alkanes of at least 4 members (excludes halogenated alkanes) is 1. The summed E-state index contributed by atoms with van der Waals surface area (Å²) in [7, 11) is 0. The number of aryl methyl sites for hydroxylation is 1. The zero-order chi connectivity index (χ0) is 16.5. The Labute approximate surface area is 139 Å². The quantitative estimate of drug-likeness (QED) is 0.555. The number of benzene rings is 1. The van der Waals surface area contributed by atoms with E-state index in [4.69, 9.17) is 9.47 Å². The van der Waals surface area contributed by atoms with Gasteiger partial charge in [-0.05, 0) is 63.1 Å². The van der Waals surface area contributed by atoms with Gasteiger partial charge in [-0.2, -0.15) is 0 Å². The summed E-state index contributed by atoms with van der Waals surface area (Å²) in [6.07, 6.45) is 10.8. The molecule has 3 nitrogen and oxygen atoms in total. The lowest BCUT2D eigenvalue weighted by Crippen LogP contribution is -1.93. The third kappa shape index (κ3) is 6.09. The fourth-order valence-corrected chi connectivity index (χ4v) is 2.84. The van der Waals surface area contributed by atoms with Crippen molar-refractivity contribution in [3.8, 4) is 11.5 Å². The monoisotopic (exact) mass is 316 g/mol. The molecule has 1 aromatic carbocycles. The maximum absolute atomic E-state index is 11.1. The summed E-state index contributed by atoms with van der Waals surface area (Å²) in [4.78, 5) is 11.1. The molecule has 23 heavy (non-hydrogen) atoms. The van der Waals surface area contributed by atoms with Gasteiger partial charge in [-0.15, -0.1) is 0 Å². The van der Waals surface area contributed by atoms with Gasteiger partial charge >= 0.3 is 0 Å². The normalized spacial score (nSPS) is 13.4. The van der Waals surface area contributed by atoms with Gasteiger partial charge in [-0.1, -0.05) is 31.1 Å². The Bertz CT molecular complexity index is 546. The molecule has 0 bridgehead atoms. The van der Waals surface area contributed by atoms with E-state index in [1.807, 2.05) is 6.07 Å². The number of carbonyl (C=O) groups is 1. The number of Topliss-reactive ketones (excluding diaryl/α,β-unsaturated/α-hetero) is 1. The lowest BCUT2D eigenvalue weighted by molar-refractivity contribution is -0.117. The summed E-state index contributed by atoms with van der Waals surface area (Å²) < 4.78 is 10.8. The van der Waals surface area contributed by atoms with Crippen molar-refractivity contribution in [3.05, 3.63) is 35.4 Å². The van der Waals surface area contributed by atoms with Crippen molar-refractivity contribution in [3.63, 3.8) is 0 Å². The van der Waals surface area contributed by atoms with Gasteiger partial charge in [0.05, 0.1) is 0 Å². The van der Waals surface area contributed by atoms with Gasteiger partial charge in [0.15, 0.2) is 11.5 Å². The molecular formula is C20H28O3. The molecule has 0 radical (unpaired) electrons. The molecule has 3 heteroatoms. The van der Waals surface area contributed by atoms with Crippen LogP contribution in [-0.4, -0.2) is 12.6 Å². The minimum atomic E-state index is 0.292. The van der Waals surface area contributed by atoms with Gasteiger partial charge in [0, 0.05) is 6.42 Å². The van der Waals surface area contributed by atoms with Crippen LogP contribution >= 0.6 is 0 Å². The van der Waals surface area contributed by atoms with Crippen LogP contribution in [0.15, 0.2) is 29.8 Å². The summed E-state index contributed by atoms with van der Waals surface area (Å²) in [5.74, 6) is 2.00. The molecule has 1 aliphatic heterocycles. The van der Waals surface area contributed by atoms with E-state index in [0.29, 0.717) is 19.0 Å². The first-order valence-corrected chi connectivity index (χ1v) is 8.75. The average molecular weight is 316 g/mol. The molecule has 0 spiro atoms. The summed E-state index contributed by atoms with van der Waals surface area (Å²) in [6.45, 7) is 4.23. The minimum absolute atomic E-state index is 0.292. The van der Waals surface area contributed by atoms with Crippen LogP contribution in [0.5, 0.6) is 11.5 Å². The molecule has 0 aliphatic carbocycles. The Hall–Kier alpha value is -1.77. The minimum Gasteiger partial charge on any atom is -0.454 e. The van der Waals surface area contributed by atoms with Crippen molar-refractivity contribution in [2.24, 2.45) is 0 Å². The van der Waals surface area contributed by atoms with Crippen LogP contribution < -0.4 is 9.47 Å². The van der Waals surface area contributed by atoms with Crippen molar-refractivity contribution in [2.75, 3.05) is 6.79 Å². The highest BCUT2D eigenvalue weighted by atomic mass is 16.7. The predicted molar refractivity (Wildman–Crippen MR) is 93.0 cm³/mol. The molecule has 1 aromatic rings. The Morgan fingerprint density at radius 1 is 1.13 bits per heavy atom. The molecule has 1 aliphatic rings. The highest BCUT2D eigenvalue weighted by Gasteiger charge is 2.12. The van der Waals surface area contributed by atoms with E-state index in [1.165, 1.54) is 24.0 Å². The van der Waals surface area contributed by atoms with Crippen molar-refractivity contribution >= 4 is 5.78 Å². The molecule has 0 aromatic heterocycles. The molecule has 0 N–H and O–H groups in total. The van der Waals surface area contributed by atoms with Gasteiger partial charge in [-0.25, -0.2) is 0 Å². The Morgan fingerprint density at radius 2 is 1.91 bits per heavy atom. The molecule has 1 heterocycles. The number of ketones is 1. The van der Waals surface area contributed by atoms with Gasteiger partial charge in [0.1, 0.15) is 5.78 Å². The smallest absolute Gasteiger partial charge is 0.231 e. The SMILES string of the molecule is CCCCC(=CCCc1ccc2c(c1)OCO2)CCCC(C)=O. The number of carbonyl (C=O) groups excluding carboxylic acids is 1. The van der Waals surface area contributed by atoms with Crippen molar-refractivity contribution < 1.29 is 14.3 Å². The third-order valence-electron chi connectivity index (χ3n) is 4.18. The van der Waals surface area contributed by atoms with E-state index in [-0.39, 0.29) is 0 Å². The summed E-state index contributed by atoms with van der Waals surface area (Å²) >= 11 is 0. The molecule has 2 rings (SSSR count).